The second-order valence-corrected chi connectivity index (χ2v) is 6.15. The van der Waals surface area contributed by atoms with Crippen LogP contribution in [0.4, 0.5) is 0 Å². The number of hydrogen-bond acceptors (Lipinski definition) is 5. The van der Waals surface area contributed by atoms with Crippen LogP contribution in [0.3, 0.4) is 0 Å². The lowest BCUT2D eigenvalue weighted by atomic mass is 10.4. The van der Waals surface area contributed by atoms with Crippen molar-refractivity contribution < 1.29 is 12.9 Å². The van der Waals surface area contributed by atoms with Crippen LogP contribution in [0.1, 0.15) is 24.8 Å². The SMILES string of the molecule is CCNCCCN(C)S(=O)(=O)NCc1cc(C)on1. The summed E-state index contributed by atoms with van der Waals surface area (Å²) in [5.74, 6) is 0.660. The Morgan fingerprint density at radius 2 is 2.21 bits per heavy atom. The number of rotatable bonds is 9. The molecule has 7 nitrogen and oxygen atoms in total. The van der Waals surface area contributed by atoms with Gasteiger partial charge < -0.3 is 9.84 Å². The van der Waals surface area contributed by atoms with Crippen LogP contribution in [-0.4, -0.2) is 44.6 Å². The molecule has 19 heavy (non-hydrogen) atoms. The lowest BCUT2D eigenvalue weighted by Gasteiger charge is -2.17. The molecule has 0 aliphatic rings. The Bertz CT molecular complexity index is 472. The van der Waals surface area contributed by atoms with Gasteiger partial charge in [-0.1, -0.05) is 12.1 Å². The molecule has 0 atom stereocenters. The molecule has 0 saturated carbocycles. The summed E-state index contributed by atoms with van der Waals surface area (Å²) in [7, 11) is -1.90. The van der Waals surface area contributed by atoms with E-state index in [9.17, 15) is 8.42 Å². The molecular formula is C11H22N4O3S. The highest BCUT2D eigenvalue weighted by atomic mass is 32.2. The first-order valence-corrected chi connectivity index (χ1v) is 7.73. The van der Waals surface area contributed by atoms with Crippen LogP contribution in [0.25, 0.3) is 0 Å². The van der Waals surface area contributed by atoms with Crippen molar-refractivity contribution >= 4 is 10.2 Å². The number of nitrogens with one attached hydrogen (secondary N) is 2. The minimum absolute atomic E-state index is 0.136. The van der Waals surface area contributed by atoms with Crippen molar-refractivity contribution in [3.8, 4) is 0 Å². The molecular weight excluding hydrogens is 268 g/mol. The predicted molar refractivity (Wildman–Crippen MR) is 72.8 cm³/mol. The van der Waals surface area contributed by atoms with E-state index in [1.807, 2.05) is 6.92 Å². The Kier molecular flexibility index (Phi) is 6.43. The Morgan fingerprint density at radius 3 is 2.79 bits per heavy atom. The standard InChI is InChI=1S/C11H22N4O3S/c1-4-12-6-5-7-15(3)19(16,17)13-9-11-8-10(2)18-14-11/h8,12-13H,4-7,9H2,1-3H3. The van der Waals surface area contributed by atoms with E-state index in [1.165, 1.54) is 4.31 Å². The Balaban J connectivity index is 2.37. The minimum Gasteiger partial charge on any atom is -0.361 e. The first-order chi connectivity index (χ1) is 8.95. The average molecular weight is 290 g/mol. The fourth-order valence-electron chi connectivity index (χ4n) is 1.50. The van der Waals surface area contributed by atoms with Gasteiger partial charge in [0, 0.05) is 19.7 Å². The van der Waals surface area contributed by atoms with Crippen molar-refractivity contribution in [1.82, 2.24) is 19.5 Å². The molecule has 0 bridgehead atoms. The van der Waals surface area contributed by atoms with E-state index in [1.54, 1.807) is 20.0 Å². The summed E-state index contributed by atoms with van der Waals surface area (Å²) in [6, 6.07) is 1.70. The molecule has 0 fully saturated rings. The number of aryl methyl sites for hydroxylation is 1. The van der Waals surface area contributed by atoms with Gasteiger partial charge in [-0.05, 0) is 26.4 Å². The van der Waals surface area contributed by atoms with E-state index in [0.717, 1.165) is 19.5 Å². The lowest BCUT2D eigenvalue weighted by Crippen LogP contribution is -2.39. The smallest absolute Gasteiger partial charge is 0.279 e. The Hall–Kier alpha value is -0.960. The van der Waals surface area contributed by atoms with E-state index in [0.29, 0.717) is 18.0 Å². The molecule has 1 heterocycles. The van der Waals surface area contributed by atoms with Crippen LogP contribution < -0.4 is 10.0 Å². The molecule has 0 aliphatic heterocycles. The van der Waals surface area contributed by atoms with Gasteiger partial charge in [0.05, 0.1) is 12.2 Å². The molecule has 2 N–H and O–H groups in total. The van der Waals surface area contributed by atoms with Gasteiger partial charge in [0.25, 0.3) is 10.2 Å². The largest absolute Gasteiger partial charge is 0.361 e. The molecule has 0 aromatic carbocycles. The summed E-state index contributed by atoms with van der Waals surface area (Å²) < 4.78 is 32.5. The number of aromatic nitrogens is 1. The van der Waals surface area contributed by atoms with Crippen molar-refractivity contribution in [2.45, 2.75) is 26.8 Å². The number of hydrogen-bond donors (Lipinski definition) is 2. The van der Waals surface area contributed by atoms with Crippen molar-refractivity contribution in [2.75, 3.05) is 26.7 Å². The summed E-state index contributed by atoms with van der Waals surface area (Å²) >= 11 is 0. The highest BCUT2D eigenvalue weighted by Gasteiger charge is 2.17. The van der Waals surface area contributed by atoms with E-state index < -0.39 is 10.2 Å². The molecule has 0 aliphatic carbocycles. The molecule has 0 spiro atoms. The summed E-state index contributed by atoms with van der Waals surface area (Å²) in [6.45, 7) is 6.08. The van der Waals surface area contributed by atoms with Crippen molar-refractivity contribution in [3.63, 3.8) is 0 Å². The third kappa shape index (κ3) is 5.68. The van der Waals surface area contributed by atoms with Crippen LogP contribution in [0, 0.1) is 6.92 Å². The topological polar surface area (TPSA) is 87.5 Å². The highest BCUT2D eigenvalue weighted by Crippen LogP contribution is 2.03. The third-order valence-electron chi connectivity index (χ3n) is 2.60. The fourth-order valence-corrected chi connectivity index (χ4v) is 2.42. The monoisotopic (exact) mass is 290 g/mol. The van der Waals surface area contributed by atoms with Crippen molar-refractivity contribution in [3.05, 3.63) is 17.5 Å². The quantitative estimate of drug-likeness (QED) is 0.637. The van der Waals surface area contributed by atoms with Gasteiger partial charge in [0.1, 0.15) is 5.76 Å². The van der Waals surface area contributed by atoms with Crippen molar-refractivity contribution in [2.24, 2.45) is 0 Å². The molecule has 8 heteroatoms. The van der Waals surface area contributed by atoms with Crippen LogP contribution in [0.2, 0.25) is 0 Å². The van der Waals surface area contributed by atoms with Gasteiger partial charge in [-0.3, -0.25) is 0 Å². The zero-order chi connectivity index (χ0) is 14.3. The molecule has 1 aromatic rings. The van der Waals surface area contributed by atoms with Crippen LogP contribution >= 0.6 is 0 Å². The molecule has 0 amide bonds. The average Bonchev–Trinajstić information content (AvgIpc) is 2.78. The first kappa shape index (κ1) is 16.1. The maximum atomic E-state index is 11.9. The maximum absolute atomic E-state index is 11.9. The molecule has 110 valence electrons. The van der Waals surface area contributed by atoms with Gasteiger partial charge >= 0.3 is 0 Å². The lowest BCUT2D eigenvalue weighted by molar-refractivity contribution is 0.389. The zero-order valence-electron chi connectivity index (χ0n) is 11.6. The van der Waals surface area contributed by atoms with E-state index in [-0.39, 0.29) is 6.54 Å². The third-order valence-corrected chi connectivity index (χ3v) is 4.11. The minimum atomic E-state index is -3.46. The van der Waals surface area contributed by atoms with Gasteiger partial charge in [-0.25, -0.2) is 0 Å². The van der Waals surface area contributed by atoms with Gasteiger partial charge in [-0.15, -0.1) is 0 Å². The summed E-state index contributed by atoms with van der Waals surface area (Å²) in [5.41, 5.74) is 0.571. The molecule has 0 saturated heterocycles. The molecule has 0 radical (unpaired) electrons. The van der Waals surface area contributed by atoms with E-state index in [4.69, 9.17) is 4.52 Å². The van der Waals surface area contributed by atoms with Crippen molar-refractivity contribution in [1.29, 1.82) is 0 Å². The normalized spacial score (nSPS) is 12.2. The zero-order valence-corrected chi connectivity index (χ0v) is 12.5. The Morgan fingerprint density at radius 1 is 1.47 bits per heavy atom. The van der Waals surface area contributed by atoms with Crippen LogP contribution in [0.15, 0.2) is 10.6 Å². The predicted octanol–water partition coefficient (Wildman–Crippen LogP) is 0.249. The van der Waals surface area contributed by atoms with Crippen LogP contribution in [0.5, 0.6) is 0 Å². The molecule has 1 aromatic heterocycles. The molecule has 1 rings (SSSR count). The van der Waals surface area contributed by atoms with Gasteiger partial charge in [0.2, 0.25) is 0 Å². The van der Waals surface area contributed by atoms with Gasteiger partial charge in [0.15, 0.2) is 0 Å². The highest BCUT2D eigenvalue weighted by molar-refractivity contribution is 7.87. The van der Waals surface area contributed by atoms with Crippen LogP contribution in [-0.2, 0) is 16.8 Å². The summed E-state index contributed by atoms with van der Waals surface area (Å²) in [6.07, 6.45) is 0.772. The first-order valence-electron chi connectivity index (χ1n) is 6.29. The van der Waals surface area contributed by atoms with Gasteiger partial charge in [-0.2, -0.15) is 17.4 Å². The second kappa shape index (κ2) is 7.59. The summed E-state index contributed by atoms with van der Waals surface area (Å²) in [5, 5.41) is 6.89. The van der Waals surface area contributed by atoms with E-state index in [2.05, 4.69) is 15.2 Å². The molecule has 0 unspecified atom stereocenters. The second-order valence-electron chi connectivity index (χ2n) is 4.28. The summed E-state index contributed by atoms with van der Waals surface area (Å²) in [4.78, 5) is 0. The van der Waals surface area contributed by atoms with E-state index >= 15 is 0 Å². The maximum Gasteiger partial charge on any atom is 0.279 e. The fraction of sp³-hybridized carbons (Fsp3) is 0.727. The Labute approximate surface area is 114 Å². The number of nitrogens with zero attached hydrogens (tertiary/aromatic N) is 2.